The summed E-state index contributed by atoms with van der Waals surface area (Å²) < 4.78 is 11.2. The Labute approximate surface area is 175 Å². The van der Waals surface area contributed by atoms with E-state index in [0.717, 1.165) is 19.6 Å². The summed E-state index contributed by atoms with van der Waals surface area (Å²) in [5.41, 5.74) is 0.423. The summed E-state index contributed by atoms with van der Waals surface area (Å²) in [6.45, 7) is 6.16. The van der Waals surface area contributed by atoms with Crippen molar-refractivity contribution in [3.63, 3.8) is 0 Å². The van der Waals surface area contributed by atoms with Gasteiger partial charge >= 0.3 is 0 Å². The van der Waals surface area contributed by atoms with Gasteiger partial charge in [-0.15, -0.1) is 0 Å². The van der Waals surface area contributed by atoms with Crippen molar-refractivity contribution in [1.82, 2.24) is 9.80 Å². The molecule has 2 aliphatic heterocycles. The first-order valence-electron chi connectivity index (χ1n) is 10.4. The van der Waals surface area contributed by atoms with Crippen LogP contribution in [0.25, 0.3) is 0 Å². The van der Waals surface area contributed by atoms with E-state index in [4.69, 9.17) is 9.15 Å². The number of nitrogens with zero attached hydrogens (tertiary/aromatic N) is 2. The largest absolute Gasteiger partial charge is 0.464 e. The van der Waals surface area contributed by atoms with E-state index >= 15 is 0 Å². The highest BCUT2D eigenvalue weighted by molar-refractivity contribution is 6.44. The predicted octanol–water partition coefficient (Wildman–Crippen LogP) is 2.26. The first-order chi connectivity index (χ1) is 14.6. The molecule has 2 unspecified atom stereocenters. The van der Waals surface area contributed by atoms with Crippen LogP contribution in [0, 0.1) is 12.8 Å². The molecular weight excluding hydrogens is 384 g/mol. The summed E-state index contributed by atoms with van der Waals surface area (Å²) in [7, 11) is 0. The highest BCUT2D eigenvalue weighted by Crippen LogP contribution is 2.39. The summed E-state index contributed by atoms with van der Waals surface area (Å²) in [6.07, 6.45) is 0.710. The second-order valence-electron chi connectivity index (χ2n) is 7.77. The fraction of sp³-hybridized carbons (Fsp3) is 0.435. The minimum atomic E-state index is -1.09. The standard InChI is InChI=1S/C23H26N2O5/c1-16-8-9-18(30-16)20-19(21(26)17-6-3-2-4-7-17)22(27)23(28)25(20)11-5-10-24-12-14-29-15-13-24/h2-4,6-9,19-20H,5,10-15H2,1H3. The van der Waals surface area contributed by atoms with Crippen LogP contribution in [-0.4, -0.2) is 66.7 Å². The van der Waals surface area contributed by atoms with Gasteiger partial charge in [-0.3, -0.25) is 19.3 Å². The number of furan rings is 1. The lowest BCUT2D eigenvalue weighted by Crippen LogP contribution is -2.39. The third kappa shape index (κ3) is 4.08. The first-order valence-corrected chi connectivity index (χ1v) is 10.4. The molecule has 0 N–H and O–H groups in total. The smallest absolute Gasteiger partial charge is 0.291 e. The molecule has 1 aromatic heterocycles. The molecule has 158 valence electrons. The summed E-state index contributed by atoms with van der Waals surface area (Å²) >= 11 is 0. The zero-order valence-corrected chi connectivity index (χ0v) is 17.1. The summed E-state index contributed by atoms with van der Waals surface area (Å²) in [5, 5.41) is 0. The number of hydrogen-bond donors (Lipinski definition) is 0. The van der Waals surface area contributed by atoms with Crippen LogP contribution in [-0.2, 0) is 14.3 Å². The van der Waals surface area contributed by atoms with Gasteiger partial charge in [-0.1, -0.05) is 30.3 Å². The molecule has 2 fully saturated rings. The number of rotatable bonds is 7. The highest BCUT2D eigenvalue weighted by atomic mass is 16.5. The number of carbonyl (C=O) groups is 3. The quantitative estimate of drug-likeness (QED) is 0.396. The Balaban J connectivity index is 1.57. The molecule has 7 nitrogen and oxygen atoms in total. The van der Waals surface area contributed by atoms with Gasteiger partial charge in [0, 0.05) is 31.7 Å². The SMILES string of the molecule is Cc1ccc(C2C(C(=O)c3ccccc3)C(=O)C(=O)N2CCCN2CCOCC2)o1. The normalized spacial score (nSPS) is 22.6. The van der Waals surface area contributed by atoms with E-state index in [2.05, 4.69) is 4.90 Å². The van der Waals surface area contributed by atoms with Crippen molar-refractivity contribution in [3.05, 3.63) is 59.5 Å². The van der Waals surface area contributed by atoms with E-state index in [-0.39, 0.29) is 5.78 Å². The molecule has 2 aliphatic rings. The summed E-state index contributed by atoms with van der Waals surface area (Å²) in [4.78, 5) is 42.8. The van der Waals surface area contributed by atoms with Gasteiger partial charge in [0.25, 0.3) is 5.91 Å². The Bertz CT molecular complexity index is 917. The first kappa shape index (κ1) is 20.5. The van der Waals surface area contributed by atoms with E-state index in [1.165, 1.54) is 4.90 Å². The van der Waals surface area contributed by atoms with E-state index < -0.39 is 23.7 Å². The molecule has 1 amide bonds. The van der Waals surface area contributed by atoms with E-state index in [1.807, 2.05) is 6.07 Å². The molecule has 0 aliphatic carbocycles. The Morgan fingerprint density at radius 2 is 1.77 bits per heavy atom. The van der Waals surface area contributed by atoms with Gasteiger partial charge in [0.15, 0.2) is 5.78 Å². The molecule has 7 heteroatoms. The fourth-order valence-corrected chi connectivity index (χ4v) is 4.23. The van der Waals surface area contributed by atoms with E-state index in [9.17, 15) is 14.4 Å². The van der Waals surface area contributed by atoms with Crippen LogP contribution in [0.3, 0.4) is 0 Å². The Hall–Kier alpha value is -2.77. The van der Waals surface area contributed by atoms with Crippen LogP contribution in [0.15, 0.2) is 46.9 Å². The van der Waals surface area contributed by atoms with Gasteiger partial charge in [0.1, 0.15) is 23.5 Å². The third-order valence-corrected chi connectivity index (χ3v) is 5.78. The molecule has 2 saturated heterocycles. The number of benzene rings is 1. The average molecular weight is 410 g/mol. The minimum absolute atomic E-state index is 0.344. The van der Waals surface area contributed by atoms with Crippen molar-refractivity contribution in [2.75, 3.05) is 39.4 Å². The van der Waals surface area contributed by atoms with E-state index in [0.29, 0.717) is 43.3 Å². The Morgan fingerprint density at radius 3 is 2.43 bits per heavy atom. The Kier molecular flexibility index (Phi) is 6.11. The van der Waals surface area contributed by atoms with Gasteiger partial charge in [0.2, 0.25) is 5.78 Å². The predicted molar refractivity (Wildman–Crippen MR) is 109 cm³/mol. The molecule has 1 aromatic carbocycles. The molecule has 0 radical (unpaired) electrons. The maximum Gasteiger partial charge on any atom is 0.291 e. The fourth-order valence-electron chi connectivity index (χ4n) is 4.23. The van der Waals surface area contributed by atoms with Crippen LogP contribution < -0.4 is 0 Å². The van der Waals surface area contributed by atoms with Crippen molar-refractivity contribution in [1.29, 1.82) is 0 Å². The number of ketones is 2. The van der Waals surface area contributed by atoms with Crippen LogP contribution in [0.1, 0.15) is 34.3 Å². The number of morpholine rings is 1. The van der Waals surface area contributed by atoms with E-state index in [1.54, 1.807) is 43.3 Å². The number of Topliss-reactive ketones (excluding diaryl/α,β-unsaturated/α-hetero) is 2. The monoisotopic (exact) mass is 410 g/mol. The molecule has 0 saturated carbocycles. The zero-order valence-electron chi connectivity index (χ0n) is 17.1. The lowest BCUT2D eigenvalue weighted by Gasteiger charge is -2.29. The number of aryl methyl sites for hydroxylation is 1. The van der Waals surface area contributed by atoms with Crippen LogP contribution in [0.5, 0.6) is 0 Å². The zero-order chi connectivity index (χ0) is 21.1. The molecular formula is C23H26N2O5. The van der Waals surface area contributed by atoms with Crippen molar-refractivity contribution >= 4 is 17.5 Å². The molecule has 4 rings (SSSR count). The average Bonchev–Trinajstić information content (AvgIpc) is 3.31. The molecule has 0 bridgehead atoms. The maximum atomic E-state index is 13.2. The van der Waals surface area contributed by atoms with Gasteiger partial charge in [-0.05, 0) is 25.5 Å². The lowest BCUT2D eigenvalue weighted by atomic mass is 9.89. The summed E-state index contributed by atoms with van der Waals surface area (Å²) in [5.74, 6) is -1.54. The number of likely N-dealkylation sites (tertiary alicyclic amines) is 1. The van der Waals surface area contributed by atoms with Gasteiger partial charge in [0.05, 0.1) is 13.2 Å². The maximum absolute atomic E-state index is 13.2. The second kappa shape index (κ2) is 8.93. The molecule has 2 aromatic rings. The number of amides is 1. The van der Waals surface area contributed by atoms with Crippen molar-refractivity contribution in [2.45, 2.75) is 19.4 Å². The minimum Gasteiger partial charge on any atom is -0.464 e. The lowest BCUT2D eigenvalue weighted by molar-refractivity contribution is -0.140. The van der Waals surface area contributed by atoms with Crippen molar-refractivity contribution in [2.24, 2.45) is 5.92 Å². The van der Waals surface area contributed by atoms with Crippen LogP contribution >= 0.6 is 0 Å². The van der Waals surface area contributed by atoms with Crippen molar-refractivity contribution < 1.29 is 23.5 Å². The number of carbonyl (C=O) groups excluding carboxylic acids is 3. The van der Waals surface area contributed by atoms with Crippen molar-refractivity contribution in [3.8, 4) is 0 Å². The van der Waals surface area contributed by atoms with Gasteiger partial charge in [-0.2, -0.15) is 0 Å². The third-order valence-electron chi connectivity index (χ3n) is 5.78. The number of ether oxygens (including phenoxy) is 1. The molecule has 30 heavy (non-hydrogen) atoms. The van der Waals surface area contributed by atoms with Crippen LogP contribution in [0.2, 0.25) is 0 Å². The highest BCUT2D eigenvalue weighted by Gasteiger charge is 2.52. The topological polar surface area (TPSA) is 80.1 Å². The van der Waals surface area contributed by atoms with Gasteiger partial charge in [-0.25, -0.2) is 0 Å². The second-order valence-corrected chi connectivity index (χ2v) is 7.77. The molecule has 0 spiro atoms. The molecule has 2 atom stereocenters. The van der Waals surface area contributed by atoms with Crippen LogP contribution in [0.4, 0.5) is 0 Å². The van der Waals surface area contributed by atoms with Gasteiger partial charge < -0.3 is 14.1 Å². The number of hydrogen-bond acceptors (Lipinski definition) is 6. The Morgan fingerprint density at radius 1 is 1.03 bits per heavy atom. The molecule has 3 heterocycles. The summed E-state index contributed by atoms with van der Waals surface area (Å²) in [6, 6.07) is 11.5.